The van der Waals surface area contributed by atoms with Crippen LogP contribution in [0.2, 0.25) is 0 Å². The Labute approximate surface area is 164 Å². The smallest absolute Gasteiger partial charge is 0.269 e. The average molecular weight is 413 g/mol. The molecule has 2 fully saturated rings. The quantitative estimate of drug-likeness (QED) is 0.496. The van der Waals surface area contributed by atoms with Gasteiger partial charge in [0.2, 0.25) is 10.0 Å². The summed E-state index contributed by atoms with van der Waals surface area (Å²) in [5.74, 6) is -0.388. The van der Waals surface area contributed by atoms with Crippen LogP contribution in [0.5, 0.6) is 0 Å². The third-order valence-electron chi connectivity index (χ3n) is 4.70. The van der Waals surface area contributed by atoms with Gasteiger partial charge < -0.3 is 10.1 Å². The lowest BCUT2D eigenvalue weighted by molar-refractivity contribution is 0.0730. The van der Waals surface area contributed by atoms with E-state index in [9.17, 15) is 13.2 Å². The summed E-state index contributed by atoms with van der Waals surface area (Å²) >= 11 is 5.17. The van der Waals surface area contributed by atoms with Crippen molar-refractivity contribution in [1.29, 1.82) is 0 Å². The van der Waals surface area contributed by atoms with Gasteiger partial charge >= 0.3 is 0 Å². The molecule has 1 saturated carbocycles. The summed E-state index contributed by atoms with van der Waals surface area (Å²) in [6.07, 6.45) is 4.53. The summed E-state index contributed by atoms with van der Waals surface area (Å²) in [7, 11) is -3.57. The third-order valence-corrected chi connectivity index (χ3v) is 6.84. The highest BCUT2D eigenvalue weighted by atomic mass is 32.2. The minimum atomic E-state index is -3.57. The van der Waals surface area contributed by atoms with Crippen molar-refractivity contribution < 1.29 is 17.9 Å². The Bertz CT molecular complexity index is 771. The number of benzene rings is 1. The molecule has 148 valence electrons. The maximum absolute atomic E-state index is 12.6. The number of hydrazine groups is 1. The van der Waals surface area contributed by atoms with E-state index in [1.54, 1.807) is 0 Å². The zero-order valence-corrected chi connectivity index (χ0v) is 16.6. The van der Waals surface area contributed by atoms with Gasteiger partial charge in [0.1, 0.15) is 0 Å². The van der Waals surface area contributed by atoms with Gasteiger partial charge in [0.05, 0.1) is 18.1 Å². The van der Waals surface area contributed by atoms with Crippen molar-refractivity contribution in [3.63, 3.8) is 0 Å². The SMILES string of the molecule is O=C(NNC(=S)NC1CCCC1)c1ccc(S(=O)(=O)N2CCOCC2)cc1. The normalized spacial score (nSPS) is 18.8. The summed E-state index contributed by atoms with van der Waals surface area (Å²) in [6.45, 7) is 1.44. The van der Waals surface area contributed by atoms with Crippen molar-refractivity contribution in [1.82, 2.24) is 20.5 Å². The van der Waals surface area contributed by atoms with Gasteiger partial charge in [-0.25, -0.2) is 8.42 Å². The van der Waals surface area contributed by atoms with Crippen LogP contribution in [-0.4, -0.2) is 56.1 Å². The van der Waals surface area contributed by atoms with E-state index in [2.05, 4.69) is 16.2 Å². The molecular weight excluding hydrogens is 388 g/mol. The molecule has 1 saturated heterocycles. The predicted molar refractivity (Wildman–Crippen MR) is 105 cm³/mol. The highest BCUT2D eigenvalue weighted by Crippen LogP contribution is 2.18. The monoisotopic (exact) mass is 412 g/mol. The Balaban J connectivity index is 1.54. The predicted octanol–water partition coefficient (Wildman–Crippen LogP) is 0.759. The van der Waals surface area contributed by atoms with Gasteiger partial charge in [-0.2, -0.15) is 4.31 Å². The number of sulfonamides is 1. The van der Waals surface area contributed by atoms with Crippen molar-refractivity contribution in [3.05, 3.63) is 29.8 Å². The van der Waals surface area contributed by atoms with Crippen LogP contribution in [0.15, 0.2) is 29.2 Å². The molecule has 0 aromatic heterocycles. The summed E-state index contributed by atoms with van der Waals surface area (Å²) in [5, 5.41) is 3.54. The number of carbonyl (C=O) groups excluding carboxylic acids is 1. The molecule has 0 radical (unpaired) electrons. The number of rotatable bonds is 4. The van der Waals surface area contributed by atoms with Crippen LogP contribution >= 0.6 is 12.2 Å². The number of ether oxygens (including phenoxy) is 1. The molecule has 1 aliphatic heterocycles. The Hall–Kier alpha value is -1.75. The average Bonchev–Trinajstić information content (AvgIpc) is 3.20. The topological polar surface area (TPSA) is 99.8 Å². The largest absolute Gasteiger partial charge is 0.379 e. The second-order valence-electron chi connectivity index (χ2n) is 6.57. The van der Waals surface area contributed by atoms with E-state index in [0.717, 1.165) is 12.8 Å². The second kappa shape index (κ2) is 8.96. The Morgan fingerprint density at radius 2 is 1.70 bits per heavy atom. The molecule has 3 N–H and O–H groups in total. The Morgan fingerprint density at radius 3 is 2.33 bits per heavy atom. The van der Waals surface area contributed by atoms with Gasteiger partial charge in [-0.15, -0.1) is 0 Å². The van der Waals surface area contributed by atoms with Crippen molar-refractivity contribution >= 4 is 33.3 Å². The van der Waals surface area contributed by atoms with Gasteiger partial charge in [0, 0.05) is 24.7 Å². The van der Waals surface area contributed by atoms with Crippen molar-refractivity contribution in [2.75, 3.05) is 26.3 Å². The van der Waals surface area contributed by atoms with E-state index in [-0.39, 0.29) is 10.8 Å². The molecule has 1 amide bonds. The number of morpholine rings is 1. The molecule has 0 atom stereocenters. The molecule has 10 heteroatoms. The number of nitrogens with zero attached hydrogens (tertiary/aromatic N) is 1. The molecule has 1 aliphatic carbocycles. The molecule has 0 unspecified atom stereocenters. The minimum absolute atomic E-state index is 0.160. The van der Waals surface area contributed by atoms with E-state index in [1.165, 1.54) is 41.4 Å². The first kappa shape index (κ1) is 20.0. The fraction of sp³-hybridized carbons (Fsp3) is 0.529. The first-order valence-electron chi connectivity index (χ1n) is 9.01. The number of nitrogens with one attached hydrogen (secondary N) is 3. The fourth-order valence-electron chi connectivity index (χ4n) is 3.19. The zero-order chi connectivity index (χ0) is 19.3. The maximum Gasteiger partial charge on any atom is 0.269 e. The molecule has 27 heavy (non-hydrogen) atoms. The molecule has 0 bridgehead atoms. The minimum Gasteiger partial charge on any atom is -0.379 e. The third kappa shape index (κ3) is 5.16. The summed E-state index contributed by atoms with van der Waals surface area (Å²) < 4.78 is 31.7. The van der Waals surface area contributed by atoms with E-state index in [4.69, 9.17) is 17.0 Å². The lowest BCUT2D eigenvalue weighted by atomic mass is 10.2. The number of hydrogen-bond acceptors (Lipinski definition) is 5. The van der Waals surface area contributed by atoms with Crippen molar-refractivity contribution in [3.8, 4) is 0 Å². The van der Waals surface area contributed by atoms with Crippen LogP contribution in [-0.2, 0) is 14.8 Å². The Kier molecular flexibility index (Phi) is 6.64. The Morgan fingerprint density at radius 1 is 1.07 bits per heavy atom. The lowest BCUT2D eigenvalue weighted by Gasteiger charge is -2.26. The number of amides is 1. The van der Waals surface area contributed by atoms with Crippen LogP contribution in [0.4, 0.5) is 0 Å². The van der Waals surface area contributed by atoms with Crippen molar-refractivity contribution in [2.24, 2.45) is 0 Å². The highest BCUT2D eigenvalue weighted by molar-refractivity contribution is 7.89. The highest BCUT2D eigenvalue weighted by Gasteiger charge is 2.26. The molecule has 8 nitrogen and oxygen atoms in total. The van der Waals surface area contributed by atoms with Crippen LogP contribution in [0.3, 0.4) is 0 Å². The van der Waals surface area contributed by atoms with Crippen LogP contribution < -0.4 is 16.2 Å². The summed E-state index contributed by atoms with van der Waals surface area (Å²) in [5.41, 5.74) is 5.55. The van der Waals surface area contributed by atoms with Crippen molar-refractivity contribution in [2.45, 2.75) is 36.6 Å². The fourth-order valence-corrected chi connectivity index (χ4v) is 4.82. The van der Waals surface area contributed by atoms with E-state index < -0.39 is 10.0 Å². The number of carbonyl (C=O) groups is 1. The molecule has 3 rings (SSSR count). The van der Waals surface area contributed by atoms with Gasteiger partial charge in [-0.05, 0) is 49.3 Å². The zero-order valence-electron chi connectivity index (χ0n) is 14.9. The van der Waals surface area contributed by atoms with Crippen LogP contribution in [0.25, 0.3) is 0 Å². The lowest BCUT2D eigenvalue weighted by Crippen LogP contribution is -2.49. The number of thiocarbonyl (C=S) groups is 1. The van der Waals surface area contributed by atoms with Gasteiger partial charge in [0.25, 0.3) is 5.91 Å². The van der Waals surface area contributed by atoms with Gasteiger partial charge in [-0.1, -0.05) is 12.8 Å². The standard InChI is InChI=1S/C17H24N4O4S2/c22-16(19-20-17(26)18-14-3-1-2-4-14)13-5-7-15(8-6-13)27(23,24)21-9-11-25-12-10-21/h5-8,14H,1-4,9-12H2,(H,19,22)(H2,18,20,26). The van der Waals surface area contributed by atoms with E-state index >= 15 is 0 Å². The van der Waals surface area contributed by atoms with Crippen LogP contribution in [0, 0.1) is 0 Å². The molecule has 0 spiro atoms. The molecule has 1 heterocycles. The first-order chi connectivity index (χ1) is 13.0. The molecule has 2 aliphatic rings. The van der Waals surface area contributed by atoms with Gasteiger partial charge in [0.15, 0.2) is 5.11 Å². The maximum atomic E-state index is 12.6. The van der Waals surface area contributed by atoms with Crippen LogP contribution in [0.1, 0.15) is 36.0 Å². The summed E-state index contributed by atoms with van der Waals surface area (Å²) in [6, 6.07) is 6.20. The summed E-state index contributed by atoms with van der Waals surface area (Å²) in [4.78, 5) is 12.4. The second-order valence-corrected chi connectivity index (χ2v) is 8.92. The van der Waals surface area contributed by atoms with E-state index in [1.807, 2.05) is 0 Å². The molecule has 1 aromatic rings. The molecule has 1 aromatic carbocycles. The van der Waals surface area contributed by atoms with E-state index in [0.29, 0.717) is 43.0 Å². The molecular formula is C17H24N4O4S2. The van der Waals surface area contributed by atoms with Gasteiger partial charge in [-0.3, -0.25) is 15.6 Å². The number of hydrogen-bond donors (Lipinski definition) is 3. The first-order valence-corrected chi connectivity index (χ1v) is 10.9.